The van der Waals surface area contributed by atoms with Gasteiger partial charge in [0.05, 0.1) is 5.37 Å². The van der Waals surface area contributed by atoms with Gasteiger partial charge in [-0.25, -0.2) is 9.59 Å². The lowest BCUT2D eigenvalue weighted by Crippen LogP contribution is -2.54. The van der Waals surface area contributed by atoms with Crippen molar-refractivity contribution < 1.29 is 14.7 Å². The van der Waals surface area contributed by atoms with Gasteiger partial charge in [0.15, 0.2) is 0 Å². The van der Waals surface area contributed by atoms with Gasteiger partial charge in [-0.05, 0) is 33.9 Å². The topological polar surface area (TPSA) is 64.1 Å². The molecule has 0 aromatic carbocycles. The molecule has 0 bridgehead atoms. The van der Waals surface area contributed by atoms with Crippen LogP contribution in [-0.2, 0) is 4.79 Å². The second kappa shape index (κ2) is 6.22. The highest BCUT2D eigenvalue weighted by Gasteiger charge is 2.42. The van der Waals surface area contributed by atoms with Crippen molar-refractivity contribution in [2.75, 3.05) is 32.4 Å². The predicted octanol–water partition coefficient (Wildman–Crippen LogP) is 0.980. The Labute approximate surface area is 124 Å². The average molecular weight is 301 g/mol. The predicted molar refractivity (Wildman–Crippen MR) is 78.9 cm³/mol. The first kappa shape index (κ1) is 15.4. The maximum Gasteiger partial charge on any atom is 0.327 e. The van der Waals surface area contributed by atoms with E-state index in [-0.39, 0.29) is 17.4 Å². The first-order chi connectivity index (χ1) is 9.41. The number of likely N-dealkylation sites (N-methyl/N-ethyl adjacent to an activating group) is 1. The molecular formula is C13H23N3O3S. The summed E-state index contributed by atoms with van der Waals surface area (Å²) in [6.45, 7) is 6.44. The molecule has 1 N–H and O–H groups in total. The van der Waals surface area contributed by atoms with Crippen LogP contribution in [0, 0.1) is 0 Å². The SMILES string of the molecule is CC1CN(C)CCCN1C(=O)N1C(C)SCC1C(=O)O. The van der Waals surface area contributed by atoms with Crippen LogP contribution >= 0.6 is 11.8 Å². The molecule has 2 heterocycles. The zero-order valence-electron chi connectivity index (χ0n) is 12.3. The summed E-state index contributed by atoms with van der Waals surface area (Å²) < 4.78 is 0. The number of hydrogen-bond donors (Lipinski definition) is 1. The van der Waals surface area contributed by atoms with Gasteiger partial charge in [0.25, 0.3) is 0 Å². The van der Waals surface area contributed by atoms with Gasteiger partial charge in [-0.2, -0.15) is 0 Å². The van der Waals surface area contributed by atoms with E-state index in [9.17, 15) is 14.7 Å². The van der Waals surface area contributed by atoms with Crippen LogP contribution in [0.15, 0.2) is 0 Å². The molecule has 3 unspecified atom stereocenters. The second-order valence-corrected chi connectivity index (χ2v) is 6.98. The number of carboxylic acid groups (broad SMARTS) is 1. The van der Waals surface area contributed by atoms with Gasteiger partial charge in [-0.1, -0.05) is 0 Å². The van der Waals surface area contributed by atoms with Crippen LogP contribution in [0.3, 0.4) is 0 Å². The summed E-state index contributed by atoms with van der Waals surface area (Å²) in [5.74, 6) is -0.431. The Kier molecular flexibility index (Phi) is 4.80. The molecule has 0 aromatic heterocycles. The van der Waals surface area contributed by atoms with E-state index in [0.29, 0.717) is 12.3 Å². The Morgan fingerprint density at radius 3 is 2.60 bits per heavy atom. The first-order valence-electron chi connectivity index (χ1n) is 7.03. The van der Waals surface area contributed by atoms with Gasteiger partial charge in [-0.15, -0.1) is 11.8 Å². The molecule has 2 aliphatic rings. The molecule has 0 spiro atoms. The summed E-state index contributed by atoms with van der Waals surface area (Å²) >= 11 is 1.53. The summed E-state index contributed by atoms with van der Waals surface area (Å²) in [6, 6.07) is -0.712. The number of hydrogen-bond acceptors (Lipinski definition) is 4. The molecule has 0 saturated carbocycles. The molecule has 0 radical (unpaired) electrons. The van der Waals surface area contributed by atoms with E-state index in [1.807, 2.05) is 18.7 Å². The molecule has 6 nitrogen and oxygen atoms in total. The number of carbonyl (C=O) groups is 2. The third-order valence-electron chi connectivity index (χ3n) is 4.02. The fourth-order valence-corrected chi connectivity index (χ4v) is 4.09. The number of rotatable bonds is 1. The third-order valence-corrected chi connectivity index (χ3v) is 5.24. The summed E-state index contributed by atoms with van der Waals surface area (Å²) in [5, 5.41) is 9.21. The second-order valence-electron chi connectivity index (χ2n) is 5.63. The molecule has 2 saturated heterocycles. The Bertz CT molecular complexity index is 393. The van der Waals surface area contributed by atoms with Crippen molar-refractivity contribution in [2.45, 2.75) is 37.7 Å². The molecule has 2 aliphatic heterocycles. The van der Waals surface area contributed by atoms with Crippen LogP contribution in [0.5, 0.6) is 0 Å². The molecule has 2 rings (SSSR count). The van der Waals surface area contributed by atoms with Crippen molar-refractivity contribution in [3.63, 3.8) is 0 Å². The standard InChI is InChI=1S/C13H23N3O3S/c1-9-7-14(3)5-4-6-15(9)13(19)16-10(2)20-8-11(16)12(17)18/h9-11H,4-8H2,1-3H3,(H,17,18). The maximum absolute atomic E-state index is 12.8. The van der Waals surface area contributed by atoms with Crippen LogP contribution in [0.25, 0.3) is 0 Å². The van der Waals surface area contributed by atoms with E-state index in [4.69, 9.17) is 0 Å². The first-order valence-corrected chi connectivity index (χ1v) is 8.08. The van der Waals surface area contributed by atoms with Gasteiger partial charge >= 0.3 is 12.0 Å². The van der Waals surface area contributed by atoms with Crippen molar-refractivity contribution in [3.05, 3.63) is 0 Å². The highest BCUT2D eigenvalue weighted by Crippen LogP contribution is 2.30. The highest BCUT2D eigenvalue weighted by molar-refractivity contribution is 8.00. The van der Waals surface area contributed by atoms with E-state index >= 15 is 0 Å². The number of urea groups is 1. The van der Waals surface area contributed by atoms with Crippen molar-refractivity contribution in [1.29, 1.82) is 0 Å². The highest BCUT2D eigenvalue weighted by atomic mass is 32.2. The van der Waals surface area contributed by atoms with E-state index in [1.165, 1.54) is 16.7 Å². The van der Waals surface area contributed by atoms with Gasteiger partial charge in [0.1, 0.15) is 6.04 Å². The van der Waals surface area contributed by atoms with E-state index in [2.05, 4.69) is 11.9 Å². The van der Waals surface area contributed by atoms with Gasteiger partial charge in [-0.3, -0.25) is 4.90 Å². The summed E-state index contributed by atoms with van der Waals surface area (Å²) in [5.41, 5.74) is 0. The fraction of sp³-hybridized carbons (Fsp3) is 0.846. The Hall–Kier alpha value is -0.950. The largest absolute Gasteiger partial charge is 0.480 e. The van der Waals surface area contributed by atoms with Gasteiger partial charge in [0.2, 0.25) is 0 Å². The zero-order chi connectivity index (χ0) is 14.9. The van der Waals surface area contributed by atoms with E-state index in [0.717, 1.165) is 19.5 Å². The summed E-state index contributed by atoms with van der Waals surface area (Å²) in [7, 11) is 2.05. The normalized spacial score (nSPS) is 32.2. The number of carbonyl (C=O) groups excluding carboxylic acids is 1. The van der Waals surface area contributed by atoms with Crippen molar-refractivity contribution in [2.24, 2.45) is 0 Å². The van der Waals surface area contributed by atoms with E-state index in [1.54, 1.807) is 0 Å². The molecule has 0 aliphatic carbocycles. The number of amides is 2. The lowest BCUT2D eigenvalue weighted by molar-refractivity contribution is -0.141. The number of carboxylic acids is 1. The van der Waals surface area contributed by atoms with Gasteiger partial charge < -0.3 is 14.9 Å². The Morgan fingerprint density at radius 2 is 1.95 bits per heavy atom. The van der Waals surface area contributed by atoms with Crippen LogP contribution in [0.4, 0.5) is 4.79 Å². The molecule has 2 fully saturated rings. The van der Waals surface area contributed by atoms with Crippen LogP contribution in [0.1, 0.15) is 20.3 Å². The van der Waals surface area contributed by atoms with Crippen LogP contribution in [0.2, 0.25) is 0 Å². The van der Waals surface area contributed by atoms with Crippen molar-refractivity contribution in [3.8, 4) is 0 Å². The number of nitrogens with zero attached hydrogens (tertiary/aromatic N) is 3. The average Bonchev–Trinajstić information content (AvgIpc) is 2.67. The Balaban J connectivity index is 2.14. The van der Waals surface area contributed by atoms with Crippen LogP contribution in [-0.4, -0.2) is 81.7 Å². The molecule has 114 valence electrons. The quantitative estimate of drug-likeness (QED) is 0.782. The van der Waals surface area contributed by atoms with Crippen LogP contribution < -0.4 is 0 Å². The maximum atomic E-state index is 12.8. The smallest absolute Gasteiger partial charge is 0.327 e. The third kappa shape index (κ3) is 3.03. The van der Waals surface area contributed by atoms with Gasteiger partial charge in [0, 0.05) is 24.9 Å². The minimum Gasteiger partial charge on any atom is -0.480 e. The number of thioether (sulfide) groups is 1. The molecule has 7 heteroatoms. The van der Waals surface area contributed by atoms with Crippen molar-refractivity contribution in [1.82, 2.24) is 14.7 Å². The number of aliphatic carboxylic acids is 1. The molecule has 2 amide bonds. The summed E-state index contributed by atoms with van der Waals surface area (Å²) in [4.78, 5) is 29.7. The minimum absolute atomic E-state index is 0.0724. The Morgan fingerprint density at radius 1 is 1.25 bits per heavy atom. The molecule has 0 aromatic rings. The summed E-state index contributed by atoms with van der Waals surface area (Å²) in [6.07, 6.45) is 0.930. The minimum atomic E-state index is -0.908. The fourth-order valence-electron chi connectivity index (χ4n) is 2.93. The van der Waals surface area contributed by atoms with Crippen molar-refractivity contribution >= 4 is 23.8 Å². The lowest BCUT2D eigenvalue weighted by atomic mass is 10.2. The molecule has 3 atom stereocenters. The molecule has 20 heavy (non-hydrogen) atoms. The zero-order valence-corrected chi connectivity index (χ0v) is 13.1. The monoisotopic (exact) mass is 301 g/mol. The lowest BCUT2D eigenvalue weighted by Gasteiger charge is -2.35. The molecular weight excluding hydrogens is 278 g/mol. The van der Waals surface area contributed by atoms with E-state index < -0.39 is 12.0 Å².